The van der Waals surface area contributed by atoms with Gasteiger partial charge < -0.3 is 14.5 Å². The molecule has 1 N–H and O–H groups in total. The summed E-state index contributed by atoms with van der Waals surface area (Å²) in [6.45, 7) is -1.17. The highest BCUT2D eigenvalue weighted by Crippen LogP contribution is 2.30. The van der Waals surface area contributed by atoms with Gasteiger partial charge in [0.15, 0.2) is 11.5 Å². The summed E-state index contributed by atoms with van der Waals surface area (Å²) in [6, 6.07) is 13.9. The maximum atomic E-state index is 12.5. The number of H-pyrrole nitrogens is 1. The van der Waals surface area contributed by atoms with Crippen molar-refractivity contribution in [3.8, 4) is 22.9 Å². The Bertz CT molecular complexity index is 998. The molecule has 0 aliphatic carbocycles. The number of allylic oxidation sites excluding steroid dienone is 1. The largest absolute Gasteiger partial charge is 0.493 e. The molecule has 3 aromatic rings. The molecule has 0 spiro atoms. The molecule has 0 aliphatic rings. The average Bonchev–Trinajstić information content (AvgIpc) is 3.09. The number of imidazole rings is 1. The number of halogens is 2. The van der Waals surface area contributed by atoms with Gasteiger partial charge in [-0.05, 0) is 30.7 Å². The van der Waals surface area contributed by atoms with Gasteiger partial charge in [-0.1, -0.05) is 42.5 Å². The van der Waals surface area contributed by atoms with Crippen LogP contribution in [-0.4, -0.2) is 29.5 Å². The minimum Gasteiger partial charge on any atom is -0.493 e. The van der Waals surface area contributed by atoms with Crippen LogP contribution in [0.5, 0.6) is 11.5 Å². The highest BCUT2D eigenvalue weighted by Gasteiger charge is 2.14. The number of nitrogens with zero attached hydrogens (tertiary/aromatic N) is 1. The predicted molar refractivity (Wildman–Crippen MR) is 102 cm³/mol. The number of rotatable bonds is 7. The summed E-state index contributed by atoms with van der Waals surface area (Å²) in [5.41, 5.74) is 2.46. The lowest BCUT2D eigenvalue weighted by Crippen LogP contribution is -2.03. The Kier molecular flexibility index (Phi) is 5.84. The van der Waals surface area contributed by atoms with Crippen LogP contribution in [0.3, 0.4) is 0 Å². The first-order valence-corrected chi connectivity index (χ1v) is 8.45. The van der Waals surface area contributed by atoms with Gasteiger partial charge in [0.25, 0.3) is 0 Å². The molecule has 28 heavy (non-hydrogen) atoms. The van der Waals surface area contributed by atoms with Crippen LogP contribution >= 0.6 is 0 Å². The Morgan fingerprint density at radius 3 is 2.57 bits per heavy atom. The molecule has 0 radical (unpaired) electrons. The van der Waals surface area contributed by atoms with Crippen LogP contribution in [0.1, 0.15) is 21.7 Å². The lowest BCUT2D eigenvalue weighted by molar-refractivity contribution is -0.0512. The summed E-state index contributed by atoms with van der Waals surface area (Å²) in [4.78, 5) is 20.0. The average molecular weight is 384 g/mol. The number of ether oxygens (including phenoxy) is 2. The van der Waals surface area contributed by atoms with Gasteiger partial charge in [-0.3, -0.25) is 4.79 Å². The molecule has 1 heterocycles. The number of ketones is 1. The maximum Gasteiger partial charge on any atom is 0.387 e. The Hall–Kier alpha value is -3.48. The van der Waals surface area contributed by atoms with E-state index in [0.717, 1.165) is 5.56 Å². The van der Waals surface area contributed by atoms with E-state index < -0.39 is 6.61 Å². The molecule has 0 saturated carbocycles. The molecule has 5 nitrogen and oxygen atoms in total. The standard InChI is InChI=1S/C21H18F2N2O3/c1-13-19(25-20(24-13)15-6-4-3-5-7-15)16(26)10-8-14-9-11-17(28-21(22)23)18(12-14)27-2/h3-12,21H,1-2H3,(H,24,25)/b10-8+. The quantitative estimate of drug-likeness (QED) is 0.465. The van der Waals surface area contributed by atoms with Gasteiger partial charge >= 0.3 is 6.61 Å². The van der Waals surface area contributed by atoms with Crippen molar-refractivity contribution in [3.63, 3.8) is 0 Å². The van der Waals surface area contributed by atoms with Gasteiger partial charge in [0, 0.05) is 11.3 Å². The van der Waals surface area contributed by atoms with E-state index in [0.29, 0.717) is 22.8 Å². The zero-order valence-electron chi connectivity index (χ0n) is 15.3. The second-order valence-electron chi connectivity index (χ2n) is 5.91. The van der Waals surface area contributed by atoms with Gasteiger partial charge in [-0.25, -0.2) is 4.98 Å². The first kappa shape index (κ1) is 19.3. The van der Waals surface area contributed by atoms with Gasteiger partial charge in [0.1, 0.15) is 11.5 Å². The van der Waals surface area contributed by atoms with Gasteiger partial charge in [0.05, 0.1) is 7.11 Å². The monoisotopic (exact) mass is 384 g/mol. The van der Waals surface area contributed by atoms with Crippen LogP contribution in [-0.2, 0) is 0 Å². The highest BCUT2D eigenvalue weighted by atomic mass is 19.3. The normalized spacial score (nSPS) is 11.2. The molecule has 0 atom stereocenters. The van der Waals surface area contributed by atoms with Crippen molar-refractivity contribution in [2.24, 2.45) is 0 Å². The summed E-state index contributed by atoms with van der Waals surface area (Å²) in [5.74, 6) is 0.418. The molecule has 0 fully saturated rings. The maximum absolute atomic E-state index is 12.5. The van der Waals surface area contributed by atoms with Crippen molar-refractivity contribution in [1.29, 1.82) is 0 Å². The number of hydrogen-bond donors (Lipinski definition) is 1. The smallest absolute Gasteiger partial charge is 0.387 e. The fourth-order valence-corrected chi connectivity index (χ4v) is 2.67. The molecular weight excluding hydrogens is 366 g/mol. The SMILES string of the molecule is COc1cc(/C=C/C(=O)c2nc(-c3ccccc3)[nH]c2C)ccc1OC(F)F. The number of aryl methyl sites for hydroxylation is 1. The lowest BCUT2D eigenvalue weighted by atomic mass is 10.1. The topological polar surface area (TPSA) is 64.2 Å². The van der Waals surface area contributed by atoms with E-state index in [1.54, 1.807) is 19.1 Å². The minimum atomic E-state index is -2.95. The summed E-state index contributed by atoms with van der Waals surface area (Å²) in [6.07, 6.45) is 2.94. The Morgan fingerprint density at radius 2 is 1.89 bits per heavy atom. The third-order valence-corrected chi connectivity index (χ3v) is 4.00. The zero-order chi connectivity index (χ0) is 20.1. The summed E-state index contributed by atoms with van der Waals surface area (Å²) in [7, 11) is 1.35. The molecule has 1 aromatic heterocycles. The number of carbonyl (C=O) groups excluding carboxylic acids is 1. The zero-order valence-corrected chi connectivity index (χ0v) is 15.3. The third kappa shape index (κ3) is 4.43. The molecule has 144 valence electrons. The second kappa shape index (κ2) is 8.47. The van der Waals surface area contributed by atoms with E-state index in [2.05, 4.69) is 14.7 Å². The first-order valence-electron chi connectivity index (χ1n) is 8.45. The van der Waals surface area contributed by atoms with Crippen LogP contribution in [0.15, 0.2) is 54.6 Å². The number of aromatic amines is 1. The molecule has 7 heteroatoms. The number of aromatic nitrogens is 2. The van der Waals surface area contributed by atoms with E-state index >= 15 is 0 Å². The number of benzene rings is 2. The number of methoxy groups -OCH3 is 1. The van der Waals surface area contributed by atoms with Crippen LogP contribution in [0.4, 0.5) is 8.78 Å². The van der Waals surface area contributed by atoms with Gasteiger partial charge in [0.2, 0.25) is 5.78 Å². The van der Waals surface area contributed by atoms with Crippen LogP contribution < -0.4 is 9.47 Å². The van der Waals surface area contributed by atoms with E-state index in [-0.39, 0.29) is 17.3 Å². The van der Waals surface area contributed by atoms with Crippen molar-refractivity contribution < 1.29 is 23.0 Å². The number of hydrogen-bond acceptors (Lipinski definition) is 4. The molecular formula is C21H18F2N2O3. The first-order chi connectivity index (χ1) is 13.5. The van der Waals surface area contributed by atoms with Crippen molar-refractivity contribution in [1.82, 2.24) is 9.97 Å². The molecule has 0 aliphatic heterocycles. The van der Waals surface area contributed by atoms with Crippen molar-refractivity contribution in [2.45, 2.75) is 13.5 Å². The number of carbonyl (C=O) groups is 1. The van der Waals surface area contributed by atoms with Gasteiger partial charge in [-0.2, -0.15) is 8.78 Å². The second-order valence-corrected chi connectivity index (χ2v) is 5.91. The molecule has 0 bridgehead atoms. The predicted octanol–water partition coefficient (Wildman–Crippen LogP) is 4.89. The molecule has 0 saturated heterocycles. The Balaban J connectivity index is 1.79. The fraction of sp³-hybridized carbons (Fsp3) is 0.143. The fourth-order valence-electron chi connectivity index (χ4n) is 2.67. The van der Waals surface area contributed by atoms with Gasteiger partial charge in [-0.15, -0.1) is 0 Å². The van der Waals surface area contributed by atoms with E-state index in [1.165, 1.54) is 25.3 Å². The van der Waals surface area contributed by atoms with Crippen molar-refractivity contribution in [2.75, 3.05) is 7.11 Å². The van der Waals surface area contributed by atoms with Crippen LogP contribution in [0.2, 0.25) is 0 Å². The summed E-state index contributed by atoms with van der Waals surface area (Å²) in [5, 5.41) is 0. The highest BCUT2D eigenvalue weighted by molar-refractivity contribution is 6.06. The summed E-state index contributed by atoms with van der Waals surface area (Å²) >= 11 is 0. The molecule has 0 amide bonds. The molecule has 3 rings (SSSR count). The van der Waals surface area contributed by atoms with Crippen molar-refractivity contribution >= 4 is 11.9 Å². The molecule has 2 aromatic carbocycles. The Labute approximate surface area is 160 Å². The van der Waals surface area contributed by atoms with E-state index in [9.17, 15) is 13.6 Å². The summed E-state index contributed by atoms with van der Waals surface area (Å²) < 4.78 is 34.2. The minimum absolute atomic E-state index is 0.0726. The van der Waals surface area contributed by atoms with Crippen LogP contribution in [0, 0.1) is 6.92 Å². The Morgan fingerprint density at radius 1 is 1.14 bits per heavy atom. The van der Waals surface area contributed by atoms with Crippen molar-refractivity contribution in [3.05, 3.63) is 71.6 Å². The van der Waals surface area contributed by atoms with Crippen LogP contribution in [0.25, 0.3) is 17.5 Å². The molecule has 0 unspecified atom stereocenters. The lowest BCUT2D eigenvalue weighted by Gasteiger charge is -2.10. The third-order valence-electron chi connectivity index (χ3n) is 4.00. The number of nitrogens with one attached hydrogen (secondary N) is 1. The van der Waals surface area contributed by atoms with E-state index in [1.807, 2.05) is 30.3 Å². The van der Waals surface area contributed by atoms with E-state index in [4.69, 9.17) is 4.74 Å². The number of alkyl halides is 2.